The van der Waals surface area contributed by atoms with Gasteiger partial charge in [0.05, 0.1) is 18.2 Å². The molecule has 0 bridgehead atoms. The molecule has 3 N–H and O–H groups in total. The fraction of sp³-hybridized carbons (Fsp3) is 0.200. The molecule has 21 heavy (non-hydrogen) atoms. The molecule has 0 radical (unpaired) electrons. The molecule has 0 aliphatic heterocycles. The van der Waals surface area contributed by atoms with Crippen LogP contribution in [0.15, 0.2) is 36.4 Å². The molecule has 0 amide bonds. The van der Waals surface area contributed by atoms with Gasteiger partial charge in [0.25, 0.3) is 0 Å². The van der Waals surface area contributed by atoms with E-state index in [0.717, 1.165) is 20.4 Å². The zero-order valence-electron chi connectivity index (χ0n) is 11.4. The summed E-state index contributed by atoms with van der Waals surface area (Å²) in [6.45, 7) is 0. The SMILES string of the molecule is COc1ccc(Cl)cc1CC(NN)c1ccc(I)c(Cl)c1. The quantitative estimate of drug-likeness (QED) is 0.416. The molecule has 0 saturated heterocycles. The number of nitrogens with one attached hydrogen (secondary N) is 1. The normalized spacial score (nSPS) is 12.2. The van der Waals surface area contributed by atoms with Crippen LogP contribution in [-0.2, 0) is 6.42 Å². The topological polar surface area (TPSA) is 47.3 Å². The molecule has 0 aliphatic carbocycles. The summed E-state index contributed by atoms with van der Waals surface area (Å²) in [6.07, 6.45) is 0.650. The van der Waals surface area contributed by atoms with Crippen LogP contribution in [-0.4, -0.2) is 7.11 Å². The Morgan fingerprint density at radius 2 is 2.00 bits per heavy atom. The predicted molar refractivity (Wildman–Crippen MR) is 95.9 cm³/mol. The molecule has 0 fully saturated rings. The van der Waals surface area contributed by atoms with Gasteiger partial charge in [0.1, 0.15) is 5.75 Å². The van der Waals surface area contributed by atoms with Gasteiger partial charge in [0.2, 0.25) is 0 Å². The highest BCUT2D eigenvalue weighted by Gasteiger charge is 2.15. The van der Waals surface area contributed by atoms with Gasteiger partial charge in [0.15, 0.2) is 0 Å². The molecule has 2 aromatic rings. The van der Waals surface area contributed by atoms with E-state index in [2.05, 4.69) is 28.0 Å². The minimum Gasteiger partial charge on any atom is -0.496 e. The summed E-state index contributed by atoms with van der Waals surface area (Å²) < 4.78 is 6.38. The third-order valence-electron chi connectivity index (χ3n) is 3.21. The zero-order valence-corrected chi connectivity index (χ0v) is 15.0. The number of methoxy groups -OCH3 is 1. The summed E-state index contributed by atoms with van der Waals surface area (Å²) in [6, 6.07) is 11.4. The van der Waals surface area contributed by atoms with E-state index in [4.69, 9.17) is 33.8 Å². The fourth-order valence-corrected chi connectivity index (χ4v) is 2.85. The number of hydrazine groups is 1. The minimum atomic E-state index is -0.0770. The lowest BCUT2D eigenvalue weighted by molar-refractivity contribution is 0.405. The van der Waals surface area contributed by atoms with Gasteiger partial charge in [-0.3, -0.25) is 11.3 Å². The van der Waals surface area contributed by atoms with Crippen molar-refractivity contribution in [1.29, 1.82) is 0 Å². The van der Waals surface area contributed by atoms with E-state index in [1.165, 1.54) is 0 Å². The van der Waals surface area contributed by atoms with E-state index in [1.807, 2.05) is 30.3 Å². The summed E-state index contributed by atoms with van der Waals surface area (Å²) in [4.78, 5) is 0. The van der Waals surface area contributed by atoms with Gasteiger partial charge >= 0.3 is 0 Å². The average molecular weight is 437 g/mol. The van der Waals surface area contributed by atoms with Crippen LogP contribution in [0.3, 0.4) is 0 Å². The summed E-state index contributed by atoms with van der Waals surface area (Å²) in [5.74, 6) is 6.49. The number of nitrogens with two attached hydrogens (primary N) is 1. The largest absolute Gasteiger partial charge is 0.496 e. The first-order valence-electron chi connectivity index (χ1n) is 6.28. The van der Waals surface area contributed by atoms with Gasteiger partial charge in [-0.1, -0.05) is 29.3 Å². The number of hydrogen-bond donors (Lipinski definition) is 2. The zero-order chi connectivity index (χ0) is 15.4. The van der Waals surface area contributed by atoms with Crippen molar-refractivity contribution in [1.82, 2.24) is 5.43 Å². The Morgan fingerprint density at radius 3 is 2.62 bits per heavy atom. The van der Waals surface area contributed by atoms with E-state index in [1.54, 1.807) is 13.2 Å². The third-order valence-corrected chi connectivity index (χ3v) is 5.02. The van der Waals surface area contributed by atoms with Crippen molar-refractivity contribution in [2.75, 3.05) is 7.11 Å². The van der Waals surface area contributed by atoms with E-state index in [-0.39, 0.29) is 6.04 Å². The molecule has 0 saturated carbocycles. The highest BCUT2D eigenvalue weighted by atomic mass is 127. The maximum absolute atomic E-state index is 6.18. The Kier molecular flexibility index (Phi) is 6.13. The second-order valence-electron chi connectivity index (χ2n) is 4.55. The Balaban J connectivity index is 2.30. The van der Waals surface area contributed by atoms with Crippen molar-refractivity contribution in [3.05, 3.63) is 61.1 Å². The Labute approximate surface area is 147 Å². The van der Waals surface area contributed by atoms with Gasteiger partial charge in [0, 0.05) is 8.59 Å². The number of benzene rings is 2. The first kappa shape index (κ1) is 16.8. The lowest BCUT2D eigenvalue weighted by Crippen LogP contribution is -2.29. The van der Waals surface area contributed by atoms with Gasteiger partial charge in [-0.25, -0.2) is 0 Å². The van der Waals surface area contributed by atoms with Crippen molar-refractivity contribution < 1.29 is 4.74 Å². The summed E-state index contributed by atoms with van der Waals surface area (Å²) in [7, 11) is 1.64. The highest BCUT2D eigenvalue weighted by Crippen LogP contribution is 2.29. The van der Waals surface area contributed by atoms with Crippen LogP contribution in [0.4, 0.5) is 0 Å². The van der Waals surface area contributed by atoms with Gasteiger partial charge in [-0.15, -0.1) is 0 Å². The molecule has 2 aromatic carbocycles. The summed E-state index contributed by atoms with van der Waals surface area (Å²) >= 11 is 14.4. The molecular formula is C15H15Cl2IN2O. The molecule has 0 aliphatic rings. The number of ether oxygens (including phenoxy) is 1. The number of hydrogen-bond acceptors (Lipinski definition) is 3. The fourth-order valence-electron chi connectivity index (χ4n) is 2.13. The van der Waals surface area contributed by atoms with Crippen LogP contribution in [0.1, 0.15) is 17.2 Å². The number of rotatable bonds is 5. The van der Waals surface area contributed by atoms with Gasteiger partial charge < -0.3 is 4.74 Å². The second-order valence-corrected chi connectivity index (χ2v) is 6.56. The average Bonchev–Trinajstić information content (AvgIpc) is 2.48. The Bertz CT molecular complexity index is 637. The van der Waals surface area contributed by atoms with Crippen LogP contribution in [0, 0.1) is 3.57 Å². The smallest absolute Gasteiger partial charge is 0.122 e. The predicted octanol–water partition coefficient (Wildman–Crippen LogP) is 4.35. The van der Waals surface area contributed by atoms with Crippen molar-refractivity contribution in [3.63, 3.8) is 0 Å². The Morgan fingerprint density at radius 1 is 1.24 bits per heavy atom. The molecule has 1 unspecified atom stereocenters. The van der Waals surface area contributed by atoms with Crippen molar-refractivity contribution >= 4 is 45.8 Å². The first-order chi connectivity index (χ1) is 10.0. The molecule has 6 heteroatoms. The number of halogens is 3. The molecular weight excluding hydrogens is 422 g/mol. The van der Waals surface area contributed by atoms with Crippen LogP contribution >= 0.6 is 45.8 Å². The first-order valence-corrected chi connectivity index (χ1v) is 8.12. The van der Waals surface area contributed by atoms with Crippen LogP contribution in [0.5, 0.6) is 5.75 Å². The molecule has 0 heterocycles. The van der Waals surface area contributed by atoms with Crippen LogP contribution < -0.4 is 16.0 Å². The molecule has 0 spiro atoms. The van der Waals surface area contributed by atoms with Gasteiger partial charge in [-0.2, -0.15) is 0 Å². The van der Waals surface area contributed by atoms with Crippen LogP contribution in [0.2, 0.25) is 10.0 Å². The highest BCUT2D eigenvalue weighted by molar-refractivity contribution is 14.1. The van der Waals surface area contributed by atoms with Crippen molar-refractivity contribution in [2.45, 2.75) is 12.5 Å². The van der Waals surface area contributed by atoms with E-state index in [9.17, 15) is 0 Å². The Hall–Kier alpha value is -0.530. The summed E-state index contributed by atoms with van der Waals surface area (Å²) in [5.41, 5.74) is 4.83. The maximum atomic E-state index is 6.18. The van der Waals surface area contributed by atoms with E-state index < -0.39 is 0 Å². The lowest BCUT2D eigenvalue weighted by atomic mass is 9.99. The molecule has 3 nitrogen and oxygen atoms in total. The van der Waals surface area contributed by atoms with E-state index in [0.29, 0.717) is 16.5 Å². The minimum absolute atomic E-state index is 0.0770. The maximum Gasteiger partial charge on any atom is 0.122 e. The molecule has 2 rings (SSSR count). The third kappa shape index (κ3) is 4.23. The lowest BCUT2D eigenvalue weighted by Gasteiger charge is -2.19. The van der Waals surface area contributed by atoms with Crippen molar-refractivity contribution in [3.8, 4) is 5.75 Å². The van der Waals surface area contributed by atoms with E-state index >= 15 is 0 Å². The molecule has 0 aromatic heterocycles. The van der Waals surface area contributed by atoms with Crippen molar-refractivity contribution in [2.24, 2.45) is 5.84 Å². The summed E-state index contributed by atoms with van der Waals surface area (Å²) in [5, 5.41) is 1.38. The molecule has 112 valence electrons. The molecule has 1 atom stereocenters. The second kappa shape index (κ2) is 7.65. The van der Waals surface area contributed by atoms with Gasteiger partial charge in [-0.05, 0) is 70.5 Å². The monoisotopic (exact) mass is 436 g/mol. The van der Waals surface area contributed by atoms with Crippen LogP contribution in [0.25, 0.3) is 0 Å². The standard InChI is InChI=1S/C15H15Cl2IN2O/c1-21-15-5-3-11(16)6-10(15)8-14(20-19)9-2-4-13(18)12(17)7-9/h2-7,14,20H,8,19H2,1H3.